The summed E-state index contributed by atoms with van der Waals surface area (Å²) >= 11 is 0. The van der Waals surface area contributed by atoms with E-state index in [9.17, 15) is 0 Å². The molecule has 0 amide bonds. The van der Waals surface area contributed by atoms with Crippen LogP contribution in [0.5, 0.6) is 0 Å². The standard InChI is InChI=1S/C50H35N3/c1-50(2)43-29-36(49-52-47(34-21-11-5-12-22-34)51-48(53-49)35-23-13-6-14-24-35)27-28-37(43)40-30-41-42(31-44(40)50)46(33-19-9-4-10-20-33)39-26-16-15-25-38(39)45(41)32-17-7-3-8-18-32/h3-31H,1-2H3. The molecule has 0 atom stereocenters. The fourth-order valence-corrected chi connectivity index (χ4v) is 8.31. The van der Waals surface area contributed by atoms with Gasteiger partial charge in [0.1, 0.15) is 0 Å². The molecule has 0 unspecified atom stereocenters. The van der Waals surface area contributed by atoms with Crippen molar-refractivity contribution in [1.29, 1.82) is 0 Å². The Labute approximate surface area is 309 Å². The van der Waals surface area contributed by atoms with E-state index in [-0.39, 0.29) is 5.41 Å². The number of hydrogen-bond donors (Lipinski definition) is 0. The van der Waals surface area contributed by atoms with Gasteiger partial charge in [-0.25, -0.2) is 15.0 Å². The summed E-state index contributed by atoms with van der Waals surface area (Å²) in [4.78, 5) is 15.1. The van der Waals surface area contributed by atoms with Crippen molar-refractivity contribution in [3.63, 3.8) is 0 Å². The van der Waals surface area contributed by atoms with Crippen molar-refractivity contribution in [2.45, 2.75) is 19.3 Å². The fraction of sp³-hybridized carbons (Fsp3) is 0.0600. The molecule has 3 nitrogen and oxygen atoms in total. The minimum atomic E-state index is -0.265. The maximum absolute atomic E-state index is 5.07. The maximum atomic E-state index is 5.07. The van der Waals surface area contributed by atoms with Gasteiger partial charge in [0.25, 0.3) is 0 Å². The monoisotopic (exact) mass is 677 g/mol. The van der Waals surface area contributed by atoms with Gasteiger partial charge in [0.15, 0.2) is 17.5 Å². The zero-order valence-corrected chi connectivity index (χ0v) is 29.6. The molecule has 1 aromatic heterocycles. The van der Waals surface area contributed by atoms with E-state index in [0.717, 1.165) is 16.7 Å². The van der Waals surface area contributed by atoms with Crippen LogP contribution in [-0.2, 0) is 5.41 Å². The second-order valence-corrected chi connectivity index (χ2v) is 14.4. The largest absolute Gasteiger partial charge is 0.208 e. The number of nitrogens with zero attached hydrogens (tertiary/aromatic N) is 3. The van der Waals surface area contributed by atoms with Crippen molar-refractivity contribution >= 4 is 21.5 Å². The van der Waals surface area contributed by atoms with E-state index in [0.29, 0.717) is 17.5 Å². The Morgan fingerprint density at radius 2 is 0.717 bits per heavy atom. The topological polar surface area (TPSA) is 38.7 Å². The minimum absolute atomic E-state index is 0.265. The molecule has 0 saturated heterocycles. The number of hydrogen-bond acceptors (Lipinski definition) is 3. The van der Waals surface area contributed by atoms with E-state index >= 15 is 0 Å². The molecule has 53 heavy (non-hydrogen) atoms. The number of rotatable bonds is 5. The van der Waals surface area contributed by atoms with Crippen LogP contribution >= 0.6 is 0 Å². The third kappa shape index (κ3) is 5.08. The molecule has 1 heterocycles. The average Bonchev–Trinajstić information content (AvgIpc) is 3.44. The number of aromatic nitrogens is 3. The second-order valence-electron chi connectivity index (χ2n) is 14.4. The number of benzene rings is 8. The second kappa shape index (κ2) is 12.2. The van der Waals surface area contributed by atoms with Crippen molar-refractivity contribution in [2.75, 3.05) is 0 Å². The van der Waals surface area contributed by atoms with E-state index in [4.69, 9.17) is 15.0 Å². The van der Waals surface area contributed by atoms with Gasteiger partial charge in [-0.2, -0.15) is 0 Å². The quantitative estimate of drug-likeness (QED) is 0.170. The molecule has 1 aliphatic rings. The molecular formula is C50H35N3. The summed E-state index contributed by atoms with van der Waals surface area (Å²) in [5.41, 5.74) is 12.8. The lowest BCUT2D eigenvalue weighted by atomic mass is 9.79. The van der Waals surface area contributed by atoms with Gasteiger partial charge in [-0.1, -0.05) is 172 Å². The van der Waals surface area contributed by atoms with Crippen LogP contribution in [0.3, 0.4) is 0 Å². The van der Waals surface area contributed by atoms with E-state index in [2.05, 4.69) is 153 Å². The van der Waals surface area contributed by atoms with E-state index in [1.54, 1.807) is 0 Å². The van der Waals surface area contributed by atoms with Crippen LogP contribution in [0.15, 0.2) is 176 Å². The molecule has 0 N–H and O–H groups in total. The minimum Gasteiger partial charge on any atom is -0.208 e. The molecule has 3 heteroatoms. The Kier molecular flexibility index (Phi) is 7.16. The molecule has 8 aromatic carbocycles. The fourth-order valence-electron chi connectivity index (χ4n) is 8.31. The lowest BCUT2D eigenvalue weighted by Gasteiger charge is -2.24. The normalized spacial score (nSPS) is 12.9. The van der Waals surface area contributed by atoms with Gasteiger partial charge in [-0.15, -0.1) is 0 Å². The first-order chi connectivity index (χ1) is 26.0. The first-order valence-electron chi connectivity index (χ1n) is 18.2. The first kappa shape index (κ1) is 31.1. The molecule has 1 aliphatic carbocycles. The zero-order chi connectivity index (χ0) is 35.5. The Morgan fingerprint density at radius 1 is 0.321 bits per heavy atom. The van der Waals surface area contributed by atoms with E-state index < -0.39 is 0 Å². The summed E-state index contributed by atoms with van der Waals surface area (Å²) in [6.45, 7) is 4.71. The average molecular weight is 678 g/mol. The Balaban J connectivity index is 1.21. The van der Waals surface area contributed by atoms with Crippen molar-refractivity contribution in [1.82, 2.24) is 15.0 Å². The highest BCUT2D eigenvalue weighted by molar-refractivity contribution is 6.22. The van der Waals surface area contributed by atoms with E-state index in [1.165, 1.54) is 66.1 Å². The lowest BCUT2D eigenvalue weighted by Crippen LogP contribution is -2.15. The predicted molar refractivity (Wildman–Crippen MR) is 220 cm³/mol. The molecule has 0 saturated carbocycles. The van der Waals surface area contributed by atoms with Gasteiger partial charge in [0.05, 0.1) is 0 Å². The number of fused-ring (bicyclic) bond motifs is 5. The van der Waals surface area contributed by atoms with Crippen LogP contribution in [0.4, 0.5) is 0 Å². The van der Waals surface area contributed by atoms with Crippen LogP contribution in [0, 0.1) is 0 Å². The van der Waals surface area contributed by atoms with Crippen LogP contribution in [0.2, 0.25) is 0 Å². The Bertz CT molecular complexity index is 2770. The highest BCUT2D eigenvalue weighted by Gasteiger charge is 2.37. The molecule has 0 bridgehead atoms. The molecule has 0 aliphatic heterocycles. The smallest absolute Gasteiger partial charge is 0.164 e. The van der Waals surface area contributed by atoms with Gasteiger partial charge in [0.2, 0.25) is 0 Å². The lowest BCUT2D eigenvalue weighted by molar-refractivity contribution is 0.661. The highest BCUT2D eigenvalue weighted by atomic mass is 15.0. The third-order valence-electron chi connectivity index (χ3n) is 10.9. The SMILES string of the molecule is CC1(C)c2cc(-c3nc(-c4ccccc4)nc(-c4ccccc4)n3)ccc2-c2cc3c(-c4ccccc4)c4ccccc4c(-c4ccccc4)c3cc21. The summed E-state index contributed by atoms with van der Waals surface area (Å²) in [5.74, 6) is 2.00. The summed E-state index contributed by atoms with van der Waals surface area (Å²) in [6, 6.07) is 62.7. The van der Waals surface area contributed by atoms with Gasteiger partial charge < -0.3 is 0 Å². The van der Waals surface area contributed by atoms with E-state index in [1.807, 2.05) is 36.4 Å². The molecule has 0 spiro atoms. The van der Waals surface area contributed by atoms with Crippen LogP contribution in [-0.4, -0.2) is 15.0 Å². The highest BCUT2D eigenvalue weighted by Crippen LogP contribution is 2.53. The predicted octanol–water partition coefficient (Wildman–Crippen LogP) is 12.8. The molecule has 9 aromatic rings. The van der Waals surface area contributed by atoms with Crippen LogP contribution in [0.25, 0.3) is 89.1 Å². The first-order valence-corrected chi connectivity index (χ1v) is 18.2. The Morgan fingerprint density at radius 3 is 1.21 bits per heavy atom. The maximum Gasteiger partial charge on any atom is 0.164 e. The molecule has 10 rings (SSSR count). The van der Waals surface area contributed by atoms with Crippen molar-refractivity contribution in [2.24, 2.45) is 0 Å². The van der Waals surface area contributed by atoms with Crippen LogP contribution in [0.1, 0.15) is 25.0 Å². The molecule has 0 fully saturated rings. The van der Waals surface area contributed by atoms with Gasteiger partial charge in [-0.3, -0.25) is 0 Å². The summed E-state index contributed by atoms with van der Waals surface area (Å²) in [6.07, 6.45) is 0. The molecule has 250 valence electrons. The third-order valence-corrected chi connectivity index (χ3v) is 10.9. The van der Waals surface area contributed by atoms with Gasteiger partial charge >= 0.3 is 0 Å². The molecular weight excluding hydrogens is 643 g/mol. The molecule has 0 radical (unpaired) electrons. The van der Waals surface area contributed by atoms with Gasteiger partial charge in [0, 0.05) is 22.1 Å². The summed E-state index contributed by atoms with van der Waals surface area (Å²) in [5, 5.41) is 5.05. The summed E-state index contributed by atoms with van der Waals surface area (Å²) in [7, 11) is 0. The van der Waals surface area contributed by atoms with Crippen molar-refractivity contribution in [3.05, 3.63) is 187 Å². The van der Waals surface area contributed by atoms with Crippen LogP contribution < -0.4 is 0 Å². The van der Waals surface area contributed by atoms with Crippen molar-refractivity contribution < 1.29 is 0 Å². The van der Waals surface area contributed by atoms with Crippen molar-refractivity contribution in [3.8, 4) is 67.5 Å². The zero-order valence-electron chi connectivity index (χ0n) is 29.6. The van der Waals surface area contributed by atoms with Gasteiger partial charge in [-0.05, 0) is 84.3 Å². The Hall–Kier alpha value is -6.71. The summed E-state index contributed by atoms with van der Waals surface area (Å²) < 4.78 is 0.